The number of thioether (sulfide) groups is 1. The lowest BCUT2D eigenvalue weighted by Gasteiger charge is -2.24. The standard InChI is InChI=1S/C14H20N2O2S/c1-10-8-13(12(9-15-10)14(17)18)16-6-3-4-11(19-2)5-7-16/h8-9,11H,3-7H2,1-2H3,(H,17,18). The second-order valence-corrected chi connectivity index (χ2v) is 6.06. The Balaban J connectivity index is 2.25. The van der Waals surface area contributed by atoms with E-state index in [9.17, 15) is 9.90 Å². The number of carbonyl (C=O) groups is 1. The van der Waals surface area contributed by atoms with Gasteiger partial charge in [0.1, 0.15) is 5.56 Å². The molecule has 2 heterocycles. The Hall–Kier alpha value is -1.23. The normalized spacial score (nSPS) is 20.1. The first kappa shape index (κ1) is 14.2. The zero-order chi connectivity index (χ0) is 13.8. The van der Waals surface area contributed by atoms with E-state index in [1.807, 2.05) is 24.8 Å². The van der Waals surface area contributed by atoms with E-state index in [0.717, 1.165) is 37.3 Å². The molecule has 1 aromatic heterocycles. The van der Waals surface area contributed by atoms with Gasteiger partial charge in [0, 0.05) is 30.2 Å². The molecule has 0 radical (unpaired) electrons. The highest BCUT2D eigenvalue weighted by Crippen LogP contribution is 2.27. The van der Waals surface area contributed by atoms with E-state index in [4.69, 9.17) is 0 Å². The van der Waals surface area contributed by atoms with Crippen molar-refractivity contribution in [3.05, 3.63) is 23.5 Å². The number of hydrogen-bond acceptors (Lipinski definition) is 4. The van der Waals surface area contributed by atoms with Gasteiger partial charge < -0.3 is 10.0 Å². The SMILES string of the molecule is CSC1CCCN(c2cc(C)ncc2C(=O)O)CC1. The second kappa shape index (κ2) is 6.28. The molecular weight excluding hydrogens is 260 g/mol. The van der Waals surface area contributed by atoms with Crippen LogP contribution in [-0.4, -0.2) is 40.7 Å². The van der Waals surface area contributed by atoms with Crippen molar-refractivity contribution in [2.24, 2.45) is 0 Å². The maximum atomic E-state index is 11.3. The number of aryl methyl sites for hydroxylation is 1. The van der Waals surface area contributed by atoms with Gasteiger partial charge in [0.15, 0.2) is 0 Å². The van der Waals surface area contributed by atoms with Crippen molar-refractivity contribution >= 4 is 23.4 Å². The van der Waals surface area contributed by atoms with Crippen molar-refractivity contribution in [1.29, 1.82) is 0 Å². The molecule has 1 aliphatic heterocycles. The van der Waals surface area contributed by atoms with Gasteiger partial charge in [-0.05, 0) is 38.5 Å². The zero-order valence-corrected chi connectivity index (χ0v) is 12.2. The summed E-state index contributed by atoms with van der Waals surface area (Å²) in [6, 6.07) is 1.89. The van der Waals surface area contributed by atoms with Crippen molar-refractivity contribution in [2.45, 2.75) is 31.4 Å². The number of nitrogens with zero attached hydrogens (tertiary/aromatic N) is 2. The molecule has 1 aromatic rings. The summed E-state index contributed by atoms with van der Waals surface area (Å²) >= 11 is 1.91. The molecule has 1 atom stereocenters. The van der Waals surface area contributed by atoms with Crippen LogP contribution in [0.3, 0.4) is 0 Å². The Morgan fingerprint density at radius 2 is 2.26 bits per heavy atom. The van der Waals surface area contributed by atoms with E-state index < -0.39 is 5.97 Å². The third-order valence-electron chi connectivity index (χ3n) is 3.60. The molecule has 104 valence electrons. The Morgan fingerprint density at radius 3 is 2.95 bits per heavy atom. The Morgan fingerprint density at radius 1 is 1.47 bits per heavy atom. The summed E-state index contributed by atoms with van der Waals surface area (Å²) < 4.78 is 0. The molecule has 2 rings (SSSR count). The number of rotatable bonds is 3. The van der Waals surface area contributed by atoms with Gasteiger partial charge >= 0.3 is 5.97 Å². The third-order valence-corrected chi connectivity index (χ3v) is 4.74. The molecular formula is C14H20N2O2S. The Kier molecular flexibility index (Phi) is 4.69. The molecule has 5 heteroatoms. The number of pyridine rings is 1. The maximum Gasteiger partial charge on any atom is 0.339 e. The van der Waals surface area contributed by atoms with Crippen molar-refractivity contribution in [2.75, 3.05) is 24.2 Å². The van der Waals surface area contributed by atoms with Gasteiger partial charge in [-0.1, -0.05) is 0 Å². The van der Waals surface area contributed by atoms with Gasteiger partial charge in [-0.3, -0.25) is 4.98 Å². The average molecular weight is 280 g/mol. The van der Waals surface area contributed by atoms with Crippen molar-refractivity contribution in [3.63, 3.8) is 0 Å². The van der Waals surface area contributed by atoms with Crippen LogP contribution in [0.2, 0.25) is 0 Å². The minimum Gasteiger partial charge on any atom is -0.478 e. The molecule has 19 heavy (non-hydrogen) atoms. The molecule has 4 nitrogen and oxygen atoms in total. The number of hydrogen-bond donors (Lipinski definition) is 1. The summed E-state index contributed by atoms with van der Waals surface area (Å²) in [6.45, 7) is 3.76. The first-order chi connectivity index (χ1) is 9.11. The number of anilines is 1. The summed E-state index contributed by atoms with van der Waals surface area (Å²) in [5.74, 6) is -0.895. The molecule has 0 aromatic carbocycles. The Labute approximate surface area is 118 Å². The first-order valence-electron chi connectivity index (χ1n) is 6.59. The maximum absolute atomic E-state index is 11.3. The molecule has 1 aliphatic rings. The Bertz CT molecular complexity index is 465. The highest BCUT2D eigenvalue weighted by atomic mass is 32.2. The summed E-state index contributed by atoms with van der Waals surface area (Å²) in [5.41, 5.74) is 2.00. The van der Waals surface area contributed by atoms with E-state index >= 15 is 0 Å². The van der Waals surface area contributed by atoms with Crippen LogP contribution in [0.15, 0.2) is 12.3 Å². The molecule has 1 N–H and O–H groups in total. The minimum absolute atomic E-state index is 0.313. The molecule has 0 aliphatic carbocycles. The highest BCUT2D eigenvalue weighted by Gasteiger charge is 2.21. The fourth-order valence-corrected chi connectivity index (χ4v) is 3.26. The van der Waals surface area contributed by atoms with Crippen molar-refractivity contribution < 1.29 is 9.90 Å². The number of aromatic carboxylic acids is 1. The van der Waals surface area contributed by atoms with Crippen LogP contribution in [-0.2, 0) is 0 Å². The van der Waals surface area contributed by atoms with Gasteiger partial charge in [0.25, 0.3) is 0 Å². The monoisotopic (exact) mass is 280 g/mol. The lowest BCUT2D eigenvalue weighted by Crippen LogP contribution is -2.26. The molecule has 0 bridgehead atoms. The smallest absolute Gasteiger partial charge is 0.339 e. The number of carboxylic acids is 1. The number of carboxylic acid groups (broad SMARTS) is 1. The topological polar surface area (TPSA) is 53.4 Å². The van der Waals surface area contributed by atoms with Crippen LogP contribution < -0.4 is 4.90 Å². The fourth-order valence-electron chi connectivity index (χ4n) is 2.51. The molecule has 0 spiro atoms. The summed E-state index contributed by atoms with van der Waals surface area (Å²) in [6.07, 6.45) is 7.07. The molecule has 1 unspecified atom stereocenters. The summed E-state index contributed by atoms with van der Waals surface area (Å²) in [7, 11) is 0. The first-order valence-corrected chi connectivity index (χ1v) is 7.88. The quantitative estimate of drug-likeness (QED) is 0.922. The molecule has 1 saturated heterocycles. The molecule has 0 saturated carbocycles. The van der Waals surface area contributed by atoms with E-state index in [1.165, 1.54) is 12.6 Å². The van der Waals surface area contributed by atoms with E-state index in [-0.39, 0.29) is 0 Å². The average Bonchev–Trinajstić information content (AvgIpc) is 2.63. The van der Waals surface area contributed by atoms with Crippen LogP contribution in [0.4, 0.5) is 5.69 Å². The van der Waals surface area contributed by atoms with E-state index in [0.29, 0.717) is 10.8 Å². The van der Waals surface area contributed by atoms with Crippen LogP contribution in [0.25, 0.3) is 0 Å². The van der Waals surface area contributed by atoms with Gasteiger partial charge in [-0.15, -0.1) is 0 Å². The van der Waals surface area contributed by atoms with Gasteiger partial charge in [-0.2, -0.15) is 11.8 Å². The van der Waals surface area contributed by atoms with Crippen LogP contribution >= 0.6 is 11.8 Å². The van der Waals surface area contributed by atoms with Crippen LogP contribution in [0, 0.1) is 6.92 Å². The molecule has 1 fully saturated rings. The predicted octanol–water partition coefficient (Wildman–Crippen LogP) is 2.81. The summed E-state index contributed by atoms with van der Waals surface area (Å²) in [4.78, 5) is 17.6. The minimum atomic E-state index is -0.895. The van der Waals surface area contributed by atoms with Crippen LogP contribution in [0.5, 0.6) is 0 Å². The highest BCUT2D eigenvalue weighted by molar-refractivity contribution is 7.99. The third kappa shape index (κ3) is 3.41. The van der Waals surface area contributed by atoms with Gasteiger partial charge in [0.05, 0.1) is 5.69 Å². The number of aromatic nitrogens is 1. The lowest BCUT2D eigenvalue weighted by molar-refractivity contribution is 0.0697. The summed E-state index contributed by atoms with van der Waals surface area (Å²) in [5, 5.41) is 9.98. The van der Waals surface area contributed by atoms with Gasteiger partial charge in [0.2, 0.25) is 0 Å². The molecule has 0 amide bonds. The van der Waals surface area contributed by atoms with Crippen molar-refractivity contribution in [3.8, 4) is 0 Å². The largest absolute Gasteiger partial charge is 0.478 e. The second-order valence-electron chi connectivity index (χ2n) is 4.92. The zero-order valence-electron chi connectivity index (χ0n) is 11.4. The van der Waals surface area contributed by atoms with E-state index in [2.05, 4.69) is 16.1 Å². The van der Waals surface area contributed by atoms with Crippen molar-refractivity contribution in [1.82, 2.24) is 4.98 Å². The lowest BCUT2D eigenvalue weighted by atomic mass is 10.2. The van der Waals surface area contributed by atoms with E-state index in [1.54, 1.807) is 0 Å². The van der Waals surface area contributed by atoms with Crippen LogP contribution in [0.1, 0.15) is 35.3 Å². The predicted molar refractivity (Wildman–Crippen MR) is 79.3 cm³/mol. The van der Waals surface area contributed by atoms with Gasteiger partial charge in [-0.25, -0.2) is 4.79 Å². The fraction of sp³-hybridized carbons (Fsp3) is 0.571.